The van der Waals surface area contributed by atoms with E-state index in [1.807, 2.05) is 13.8 Å². The maximum Gasteiger partial charge on any atom is 0.258 e. The van der Waals surface area contributed by atoms with Crippen molar-refractivity contribution in [1.82, 2.24) is 10.2 Å². The lowest BCUT2D eigenvalue weighted by Gasteiger charge is -2.32. The number of likely N-dealkylation sites (tertiary alicyclic amines) is 1. The van der Waals surface area contributed by atoms with Gasteiger partial charge in [0.15, 0.2) is 0 Å². The van der Waals surface area contributed by atoms with E-state index in [0.717, 1.165) is 12.8 Å². The molecule has 0 aromatic carbocycles. The lowest BCUT2D eigenvalue weighted by Crippen LogP contribution is -2.47. The number of carbonyl (C=O) groups excluding carboxylic acids is 2. The molecule has 0 unspecified atom stereocenters. The summed E-state index contributed by atoms with van der Waals surface area (Å²) in [5, 5.41) is 3.13. The van der Waals surface area contributed by atoms with E-state index in [1.165, 1.54) is 6.26 Å². The summed E-state index contributed by atoms with van der Waals surface area (Å²) < 4.78 is 4.94. The highest BCUT2D eigenvalue weighted by Gasteiger charge is 2.26. The van der Waals surface area contributed by atoms with Gasteiger partial charge in [-0.05, 0) is 30.5 Å². The molecule has 1 saturated heterocycles. The van der Waals surface area contributed by atoms with Gasteiger partial charge in [-0.3, -0.25) is 9.59 Å². The Labute approximate surface area is 123 Å². The number of rotatable bonds is 3. The maximum atomic E-state index is 12.2. The molecule has 2 amide bonds. The summed E-state index contributed by atoms with van der Waals surface area (Å²) in [6.45, 7) is 4.97. The van der Waals surface area contributed by atoms with Crippen LogP contribution in [0, 0.1) is 5.92 Å². The van der Waals surface area contributed by atoms with Crippen molar-refractivity contribution in [2.45, 2.75) is 32.7 Å². The van der Waals surface area contributed by atoms with Crippen molar-refractivity contribution in [3.63, 3.8) is 0 Å². The maximum absolute atomic E-state index is 12.2. The van der Waals surface area contributed by atoms with Gasteiger partial charge in [-0.1, -0.05) is 13.8 Å². The third-order valence-corrected chi connectivity index (χ3v) is 3.79. The predicted molar refractivity (Wildman–Crippen MR) is 75.6 cm³/mol. The quantitative estimate of drug-likeness (QED) is 0.931. The molecule has 0 saturated carbocycles. The molecule has 0 spiro atoms. The molecule has 0 radical (unpaired) electrons. The molecule has 1 aromatic heterocycles. The van der Waals surface area contributed by atoms with Crippen molar-refractivity contribution in [2.24, 2.45) is 5.92 Å². The lowest BCUT2D eigenvalue weighted by atomic mass is 10.0. The van der Waals surface area contributed by atoms with Crippen LogP contribution < -0.4 is 5.32 Å². The summed E-state index contributed by atoms with van der Waals surface area (Å²) in [5.41, 5.74) is 0.399. The lowest BCUT2D eigenvalue weighted by molar-refractivity contribution is -0.124. The summed E-state index contributed by atoms with van der Waals surface area (Å²) in [6, 6.07) is 1.73. The highest BCUT2D eigenvalue weighted by molar-refractivity contribution is 6.32. The first-order chi connectivity index (χ1) is 9.49. The molecule has 6 heteroatoms. The Morgan fingerprint density at radius 1 is 1.40 bits per heavy atom. The second-order valence-corrected chi connectivity index (χ2v) is 5.68. The fraction of sp³-hybridized carbons (Fsp3) is 0.571. The van der Waals surface area contributed by atoms with Crippen LogP contribution in [0.1, 0.15) is 37.0 Å². The predicted octanol–water partition coefficient (Wildman–Crippen LogP) is 2.31. The van der Waals surface area contributed by atoms with Crippen LogP contribution in [0.3, 0.4) is 0 Å². The van der Waals surface area contributed by atoms with Gasteiger partial charge in [0.25, 0.3) is 5.91 Å². The van der Waals surface area contributed by atoms with Crippen LogP contribution in [0.5, 0.6) is 0 Å². The molecule has 0 aliphatic carbocycles. The number of halogens is 1. The van der Waals surface area contributed by atoms with Gasteiger partial charge in [0, 0.05) is 25.0 Å². The van der Waals surface area contributed by atoms with Crippen molar-refractivity contribution in [3.8, 4) is 0 Å². The van der Waals surface area contributed by atoms with Gasteiger partial charge >= 0.3 is 0 Å². The van der Waals surface area contributed by atoms with Crippen molar-refractivity contribution in [2.75, 3.05) is 13.1 Å². The van der Waals surface area contributed by atoms with Crippen molar-refractivity contribution in [1.29, 1.82) is 0 Å². The molecule has 0 bridgehead atoms. The van der Waals surface area contributed by atoms with Crippen LogP contribution in [-0.4, -0.2) is 35.8 Å². The number of carbonyl (C=O) groups is 2. The number of hydrogen-bond acceptors (Lipinski definition) is 3. The zero-order valence-corrected chi connectivity index (χ0v) is 12.4. The number of nitrogens with one attached hydrogen (secondary N) is 1. The van der Waals surface area contributed by atoms with E-state index >= 15 is 0 Å². The number of nitrogens with zero attached hydrogens (tertiary/aromatic N) is 1. The van der Waals surface area contributed by atoms with Crippen LogP contribution in [0.15, 0.2) is 16.7 Å². The van der Waals surface area contributed by atoms with Gasteiger partial charge in [-0.2, -0.15) is 0 Å². The monoisotopic (exact) mass is 298 g/mol. The molecule has 0 atom stereocenters. The highest BCUT2D eigenvalue weighted by atomic mass is 35.5. The Bertz CT molecular complexity index is 490. The third kappa shape index (κ3) is 3.33. The largest absolute Gasteiger partial charge is 0.452 e. The minimum atomic E-state index is -0.114. The third-order valence-electron chi connectivity index (χ3n) is 3.50. The van der Waals surface area contributed by atoms with Gasteiger partial charge in [-0.15, -0.1) is 0 Å². The number of piperidine rings is 1. The average Bonchev–Trinajstić information content (AvgIpc) is 2.85. The molecular weight excluding hydrogens is 280 g/mol. The number of amides is 2. The fourth-order valence-corrected chi connectivity index (χ4v) is 2.41. The SMILES string of the molecule is CC(C)C(=O)NC1CCN(C(=O)c2ccoc2Cl)CC1. The standard InChI is InChI=1S/C14H19ClN2O3/c1-9(2)13(18)16-10-3-6-17(7-4-10)14(19)11-5-8-20-12(11)15/h5,8-10H,3-4,6-7H2,1-2H3,(H,16,18). The van der Waals surface area contributed by atoms with Crippen LogP contribution in [0.25, 0.3) is 0 Å². The molecule has 1 fully saturated rings. The van der Waals surface area contributed by atoms with E-state index in [1.54, 1.807) is 11.0 Å². The van der Waals surface area contributed by atoms with Crippen LogP contribution in [-0.2, 0) is 4.79 Å². The Hall–Kier alpha value is -1.49. The second-order valence-electron chi connectivity index (χ2n) is 5.34. The topological polar surface area (TPSA) is 62.6 Å². The van der Waals surface area contributed by atoms with Crippen molar-refractivity contribution in [3.05, 3.63) is 23.1 Å². The Morgan fingerprint density at radius 2 is 2.05 bits per heavy atom. The van der Waals surface area contributed by atoms with Crippen LogP contribution >= 0.6 is 11.6 Å². The summed E-state index contributed by atoms with van der Waals surface area (Å²) in [7, 11) is 0. The van der Waals surface area contributed by atoms with E-state index in [9.17, 15) is 9.59 Å². The molecule has 5 nitrogen and oxygen atoms in total. The average molecular weight is 299 g/mol. The van der Waals surface area contributed by atoms with Crippen molar-refractivity contribution >= 4 is 23.4 Å². The Balaban J connectivity index is 1.87. The van der Waals surface area contributed by atoms with Gasteiger partial charge in [-0.25, -0.2) is 0 Å². The van der Waals surface area contributed by atoms with Gasteiger partial charge in [0.2, 0.25) is 11.1 Å². The van der Waals surface area contributed by atoms with E-state index < -0.39 is 0 Å². The Morgan fingerprint density at radius 3 is 2.55 bits per heavy atom. The zero-order valence-electron chi connectivity index (χ0n) is 11.7. The van der Waals surface area contributed by atoms with E-state index in [0.29, 0.717) is 18.7 Å². The zero-order chi connectivity index (χ0) is 14.7. The smallest absolute Gasteiger partial charge is 0.258 e. The first kappa shape index (κ1) is 14.9. The first-order valence-corrected chi connectivity index (χ1v) is 7.19. The summed E-state index contributed by atoms with van der Waals surface area (Å²) >= 11 is 5.82. The Kier molecular flexibility index (Phi) is 4.70. The summed E-state index contributed by atoms with van der Waals surface area (Å²) in [4.78, 5) is 25.6. The molecule has 2 heterocycles. The number of furan rings is 1. The molecular formula is C14H19ClN2O3. The molecule has 1 aromatic rings. The molecule has 1 aliphatic rings. The highest BCUT2D eigenvalue weighted by Crippen LogP contribution is 2.21. The van der Waals surface area contributed by atoms with Crippen molar-refractivity contribution < 1.29 is 14.0 Å². The van der Waals surface area contributed by atoms with Gasteiger partial charge < -0.3 is 14.6 Å². The number of hydrogen-bond donors (Lipinski definition) is 1. The van der Waals surface area contributed by atoms with Crippen LogP contribution in [0.4, 0.5) is 0 Å². The molecule has 110 valence electrons. The minimum absolute atomic E-state index is 0.0144. The molecule has 1 aliphatic heterocycles. The van der Waals surface area contributed by atoms with E-state index in [4.69, 9.17) is 16.0 Å². The van der Waals surface area contributed by atoms with E-state index in [-0.39, 0.29) is 29.0 Å². The minimum Gasteiger partial charge on any atom is -0.452 e. The van der Waals surface area contributed by atoms with E-state index in [2.05, 4.69) is 5.32 Å². The van der Waals surface area contributed by atoms with Crippen LogP contribution in [0.2, 0.25) is 5.22 Å². The molecule has 2 rings (SSSR count). The molecule has 20 heavy (non-hydrogen) atoms. The first-order valence-electron chi connectivity index (χ1n) is 6.81. The fourth-order valence-electron chi connectivity index (χ4n) is 2.21. The second kappa shape index (κ2) is 6.31. The normalized spacial score (nSPS) is 16.5. The van der Waals surface area contributed by atoms with Gasteiger partial charge in [0.1, 0.15) is 0 Å². The van der Waals surface area contributed by atoms with Gasteiger partial charge in [0.05, 0.1) is 11.8 Å². The summed E-state index contributed by atoms with van der Waals surface area (Å²) in [5.74, 6) is -0.0653. The summed E-state index contributed by atoms with van der Waals surface area (Å²) in [6.07, 6.45) is 2.94. The molecule has 1 N–H and O–H groups in total.